The van der Waals surface area contributed by atoms with E-state index in [2.05, 4.69) is 10.3 Å². The van der Waals surface area contributed by atoms with Crippen molar-refractivity contribution in [1.82, 2.24) is 10.3 Å². The number of aliphatic carboxylic acids is 1. The van der Waals surface area contributed by atoms with E-state index in [0.29, 0.717) is 5.56 Å². The minimum Gasteiger partial charge on any atom is -0.481 e. The molecule has 0 fully saturated rings. The molecule has 1 heterocycles. The highest BCUT2D eigenvalue weighted by molar-refractivity contribution is 5.92. The molecule has 0 bridgehead atoms. The molecular weight excluding hydrogens is 323 g/mol. The average Bonchev–Trinajstić information content (AvgIpc) is 2.55. The molecule has 0 aliphatic carbocycles. The standard InChI is InChI=1S/C19H21FN2O3/c1-19(2,3)13-6-9-16(21-10-13)17(23)22-11-15(18(24)25)12-4-7-14(20)8-5-12/h4-10,15H,11H2,1-3H3,(H,22,23)(H,24,25). The SMILES string of the molecule is CC(C)(C)c1ccc(C(=O)NCC(C(=O)O)c2ccc(F)cc2)nc1. The monoisotopic (exact) mass is 344 g/mol. The third-order valence-corrected chi connectivity index (χ3v) is 3.90. The van der Waals surface area contributed by atoms with Crippen LogP contribution in [0.5, 0.6) is 0 Å². The van der Waals surface area contributed by atoms with Crippen molar-refractivity contribution in [3.8, 4) is 0 Å². The molecule has 1 aromatic carbocycles. The molecule has 1 amide bonds. The third-order valence-electron chi connectivity index (χ3n) is 3.90. The number of nitrogens with zero attached hydrogens (tertiary/aromatic N) is 1. The lowest BCUT2D eigenvalue weighted by molar-refractivity contribution is -0.138. The summed E-state index contributed by atoms with van der Waals surface area (Å²) in [5.74, 6) is -2.95. The van der Waals surface area contributed by atoms with Crippen LogP contribution in [-0.2, 0) is 10.2 Å². The average molecular weight is 344 g/mol. The Kier molecular flexibility index (Phi) is 5.51. The summed E-state index contributed by atoms with van der Waals surface area (Å²) in [4.78, 5) is 27.8. The fourth-order valence-corrected chi connectivity index (χ4v) is 2.30. The molecule has 2 N–H and O–H groups in total. The van der Waals surface area contributed by atoms with E-state index in [1.165, 1.54) is 24.3 Å². The summed E-state index contributed by atoms with van der Waals surface area (Å²) in [5, 5.41) is 11.9. The van der Waals surface area contributed by atoms with Crippen molar-refractivity contribution in [3.05, 3.63) is 65.2 Å². The lowest BCUT2D eigenvalue weighted by atomic mass is 9.88. The van der Waals surface area contributed by atoms with Crippen molar-refractivity contribution in [2.45, 2.75) is 32.1 Å². The van der Waals surface area contributed by atoms with E-state index in [1.54, 1.807) is 12.3 Å². The number of benzene rings is 1. The fourth-order valence-electron chi connectivity index (χ4n) is 2.30. The largest absolute Gasteiger partial charge is 0.481 e. The molecule has 1 unspecified atom stereocenters. The smallest absolute Gasteiger partial charge is 0.312 e. The zero-order valence-electron chi connectivity index (χ0n) is 14.4. The van der Waals surface area contributed by atoms with E-state index in [1.807, 2.05) is 26.8 Å². The first-order valence-corrected chi connectivity index (χ1v) is 7.91. The van der Waals surface area contributed by atoms with Crippen LogP contribution in [0.1, 0.15) is 48.3 Å². The molecule has 1 aromatic heterocycles. The van der Waals surface area contributed by atoms with E-state index in [0.717, 1.165) is 5.56 Å². The van der Waals surface area contributed by atoms with E-state index in [-0.39, 0.29) is 17.7 Å². The van der Waals surface area contributed by atoms with Gasteiger partial charge in [-0.15, -0.1) is 0 Å². The molecule has 1 atom stereocenters. The van der Waals surface area contributed by atoms with Crippen molar-refractivity contribution < 1.29 is 19.1 Å². The zero-order valence-corrected chi connectivity index (χ0v) is 14.4. The Morgan fingerprint density at radius 1 is 1.16 bits per heavy atom. The van der Waals surface area contributed by atoms with Crippen LogP contribution in [0, 0.1) is 5.82 Å². The van der Waals surface area contributed by atoms with Crippen molar-refractivity contribution in [2.24, 2.45) is 0 Å². The summed E-state index contributed by atoms with van der Waals surface area (Å²) in [5.41, 5.74) is 1.57. The van der Waals surface area contributed by atoms with Gasteiger partial charge in [0.15, 0.2) is 0 Å². The Hall–Kier alpha value is -2.76. The number of carboxylic acid groups (broad SMARTS) is 1. The first-order chi connectivity index (χ1) is 11.7. The number of aromatic nitrogens is 1. The topological polar surface area (TPSA) is 79.3 Å². The number of hydrogen-bond donors (Lipinski definition) is 2. The molecule has 132 valence electrons. The quantitative estimate of drug-likeness (QED) is 0.873. The van der Waals surface area contributed by atoms with Crippen molar-refractivity contribution in [3.63, 3.8) is 0 Å². The van der Waals surface area contributed by atoms with Gasteiger partial charge in [-0.2, -0.15) is 0 Å². The van der Waals surface area contributed by atoms with E-state index < -0.39 is 23.6 Å². The lowest BCUT2D eigenvalue weighted by Gasteiger charge is -2.18. The molecule has 0 aliphatic heterocycles. The molecule has 2 aromatic rings. The van der Waals surface area contributed by atoms with Gasteiger partial charge < -0.3 is 10.4 Å². The first-order valence-electron chi connectivity index (χ1n) is 7.91. The summed E-state index contributed by atoms with van der Waals surface area (Å²) < 4.78 is 13.0. The maximum atomic E-state index is 13.0. The van der Waals surface area contributed by atoms with Crippen molar-refractivity contribution in [1.29, 1.82) is 0 Å². The molecule has 2 rings (SSSR count). The number of halogens is 1. The van der Waals surface area contributed by atoms with Crippen LogP contribution >= 0.6 is 0 Å². The van der Waals surface area contributed by atoms with Gasteiger partial charge in [0.2, 0.25) is 0 Å². The van der Waals surface area contributed by atoms with Crippen LogP contribution in [0.3, 0.4) is 0 Å². The summed E-state index contributed by atoms with van der Waals surface area (Å²) in [6.45, 7) is 6.03. The van der Waals surface area contributed by atoms with Gasteiger partial charge in [-0.3, -0.25) is 14.6 Å². The molecule has 25 heavy (non-hydrogen) atoms. The normalized spacial score (nSPS) is 12.5. The minimum atomic E-state index is -1.09. The van der Waals surface area contributed by atoms with Gasteiger partial charge in [0.1, 0.15) is 11.5 Å². The maximum Gasteiger partial charge on any atom is 0.312 e. The Morgan fingerprint density at radius 3 is 2.28 bits per heavy atom. The van der Waals surface area contributed by atoms with Crippen LogP contribution in [0.4, 0.5) is 4.39 Å². The van der Waals surface area contributed by atoms with Gasteiger partial charge in [0.05, 0.1) is 5.92 Å². The Labute approximate surface area is 145 Å². The third kappa shape index (κ3) is 4.86. The molecular formula is C19H21FN2O3. The zero-order chi connectivity index (χ0) is 18.6. The molecule has 0 saturated heterocycles. The number of nitrogens with one attached hydrogen (secondary N) is 1. The second-order valence-electron chi connectivity index (χ2n) is 6.83. The number of amides is 1. The lowest BCUT2D eigenvalue weighted by Crippen LogP contribution is -2.32. The predicted octanol–water partition coefficient (Wildman–Crippen LogP) is 3.12. The number of carbonyl (C=O) groups is 2. The van der Waals surface area contributed by atoms with Crippen LogP contribution in [0.25, 0.3) is 0 Å². The van der Waals surface area contributed by atoms with Crippen LogP contribution < -0.4 is 5.32 Å². The molecule has 5 nitrogen and oxygen atoms in total. The summed E-state index contributed by atoms with van der Waals surface area (Å²) >= 11 is 0. The maximum absolute atomic E-state index is 13.0. The van der Waals surface area contributed by atoms with E-state index in [9.17, 15) is 19.1 Å². The second kappa shape index (κ2) is 7.42. The van der Waals surface area contributed by atoms with Crippen LogP contribution in [0.15, 0.2) is 42.6 Å². The van der Waals surface area contributed by atoms with Crippen molar-refractivity contribution >= 4 is 11.9 Å². The summed E-state index contributed by atoms with van der Waals surface area (Å²) in [6.07, 6.45) is 1.64. The first kappa shape index (κ1) is 18.6. The second-order valence-corrected chi connectivity index (χ2v) is 6.83. The Morgan fingerprint density at radius 2 is 1.80 bits per heavy atom. The fraction of sp³-hybridized carbons (Fsp3) is 0.316. The highest BCUT2D eigenvalue weighted by Crippen LogP contribution is 2.21. The summed E-state index contributed by atoms with van der Waals surface area (Å²) in [7, 11) is 0. The highest BCUT2D eigenvalue weighted by atomic mass is 19.1. The minimum absolute atomic E-state index is 0.0704. The van der Waals surface area contributed by atoms with Gasteiger partial charge in [-0.25, -0.2) is 4.39 Å². The number of rotatable bonds is 5. The number of pyridine rings is 1. The molecule has 0 saturated carbocycles. The number of hydrogen-bond acceptors (Lipinski definition) is 3. The summed E-state index contributed by atoms with van der Waals surface area (Å²) in [6, 6.07) is 8.63. The Balaban J connectivity index is 2.06. The van der Waals surface area contributed by atoms with Gasteiger partial charge in [-0.1, -0.05) is 39.0 Å². The van der Waals surface area contributed by atoms with Crippen LogP contribution in [-0.4, -0.2) is 28.5 Å². The molecule has 6 heteroatoms. The molecule has 0 spiro atoms. The van der Waals surface area contributed by atoms with Gasteiger partial charge in [-0.05, 0) is 34.7 Å². The number of carbonyl (C=O) groups excluding carboxylic acids is 1. The van der Waals surface area contributed by atoms with Gasteiger partial charge in [0, 0.05) is 12.7 Å². The van der Waals surface area contributed by atoms with Gasteiger partial charge >= 0.3 is 5.97 Å². The Bertz CT molecular complexity index is 750. The molecule has 0 radical (unpaired) electrons. The van der Waals surface area contributed by atoms with Crippen molar-refractivity contribution in [2.75, 3.05) is 6.54 Å². The van der Waals surface area contributed by atoms with Gasteiger partial charge in [0.25, 0.3) is 5.91 Å². The predicted molar refractivity (Wildman–Crippen MR) is 92.0 cm³/mol. The highest BCUT2D eigenvalue weighted by Gasteiger charge is 2.21. The van der Waals surface area contributed by atoms with Crippen LogP contribution in [0.2, 0.25) is 0 Å². The van der Waals surface area contributed by atoms with E-state index >= 15 is 0 Å². The molecule has 0 aliphatic rings. The van der Waals surface area contributed by atoms with E-state index in [4.69, 9.17) is 0 Å². The number of carboxylic acids is 1.